The van der Waals surface area contributed by atoms with Gasteiger partial charge in [-0.2, -0.15) is 0 Å². The highest BCUT2D eigenvalue weighted by atomic mass is 19.1. The zero-order chi connectivity index (χ0) is 19.8. The maximum absolute atomic E-state index is 14.1. The fourth-order valence-corrected chi connectivity index (χ4v) is 3.89. The van der Waals surface area contributed by atoms with Gasteiger partial charge in [0.25, 0.3) is 0 Å². The third kappa shape index (κ3) is 6.17. The molecule has 0 atom stereocenters. The topological polar surface area (TPSA) is 48.0 Å². The monoisotopic (exact) mass is 393 g/mol. The highest BCUT2D eigenvalue weighted by Crippen LogP contribution is 2.35. The number of rotatable bonds is 9. The Kier molecular flexibility index (Phi) is 7.68. The lowest BCUT2D eigenvalue weighted by molar-refractivity contribution is 0.0363. The number of benzene rings is 1. The lowest BCUT2D eigenvalue weighted by Crippen LogP contribution is -2.36. The first-order valence-electron chi connectivity index (χ1n) is 10.5. The van der Waals surface area contributed by atoms with E-state index in [9.17, 15) is 9.18 Å². The van der Waals surface area contributed by atoms with E-state index >= 15 is 0 Å². The van der Waals surface area contributed by atoms with Gasteiger partial charge >= 0.3 is 5.97 Å². The van der Waals surface area contributed by atoms with Crippen LogP contribution in [0.15, 0.2) is 18.2 Å². The van der Waals surface area contributed by atoms with Crippen LogP contribution in [-0.2, 0) is 9.47 Å². The molecule has 0 bridgehead atoms. The Balaban J connectivity index is 1.39. The van der Waals surface area contributed by atoms with Crippen molar-refractivity contribution >= 4 is 5.97 Å². The molecule has 2 fully saturated rings. The van der Waals surface area contributed by atoms with Crippen LogP contribution in [0.3, 0.4) is 0 Å². The number of carbonyl (C=O) groups is 1. The number of ether oxygens (including phenoxy) is 3. The molecule has 0 aromatic heterocycles. The predicted octanol–water partition coefficient (Wildman–Crippen LogP) is 4.20. The molecule has 1 saturated heterocycles. The van der Waals surface area contributed by atoms with Gasteiger partial charge < -0.3 is 14.2 Å². The van der Waals surface area contributed by atoms with Crippen LogP contribution in [0.2, 0.25) is 0 Å². The summed E-state index contributed by atoms with van der Waals surface area (Å²) in [6.45, 7) is 7.09. The van der Waals surface area contributed by atoms with Crippen molar-refractivity contribution in [2.45, 2.75) is 57.5 Å². The minimum atomic E-state index is -0.437. The molecule has 1 aliphatic carbocycles. The van der Waals surface area contributed by atoms with Crippen molar-refractivity contribution in [1.29, 1.82) is 0 Å². The Morgan fingerprint density at radius 2 is 1.93 bits per heavy atom. The first-order valence-corrected chi connectivity index (χ1v) is 10.5. The quantitative estimate of drug-likeness (QED) is 0.465. The van der Waals surface area contributed by atoms with E-state index in [1.807, 2.05) is 6.92 Å². The number of morpholine rings is 1. The average molecular weight is 393 g/mol. The van der Waals surface area contributed by atoms with Crippen LogP contribution in [0.4, 0.5) is 4.39 Å². The summed E-state index contributed by atoms with van der Waals surface area (Å²) in [6.07, 6.45) is 6.93. The van der Waals surface area contributed by atoms with E-state index in [4.69, 9.17) is 14.2 Å². The van der Waals surface area contributed by atoms with E-state index in [-0.39, 0.29) is 11.4 Å². The van der Waals surface area contributed by atoms with Crippen molar-refractivity contribution in [2.24, 2.45) is 0 Å². The van der Waals surface area contributed by atoms with Gasteiger partial charge in [-0.05, 0) is 76.6 Å². The van der Waals surface area contributed by atoms with E-state index < -0.39 is 11.8 Å². The second-order valence-electron chi connectivity index (χ2n) is 8.05. The van der Waals surface area contributed by atoms with Gasteiger partial charge in [-0.1, -0.05) is 0 Å². The summed E-state index contributed by atoms with van der Waals surface area (Å²) in [6, 6.07) is 4.21. The molecule has 0 unspecified atom stereocenters. The number of carbonyl (C=O) groups excluding carboxylic acids is 1. The smallest absolute Gasteiger partial charge is 0.338 e. The fourth-order valence-electron chi connectivity index (χ4n) is 3.89. The minimum absolute atomic E-state index is 0.143. The Morgan fingerprint density at radius 3 is 2.68 bits per heavy atom. The minimum Gasteiger partial charge on any atom is -0.484 e. The molecule has 1 aliphatic heterocycles. The molecule has 1 heterocycles. The molecule has 6 heteroatoms. The highest BCUT2D eigenvalue weighted by molar-refractivity contribution is 5.89. The summed E-state index contributed by atoms with van der Waals surface area (Å²) in [5.41, 5.74) is -0.00422. The number of nitrogens with zero attached hydrogens (tertiary/aromatic N) is 1. The Bertz CT molecular complexity index is 639. The van der Waals surface area contributed by atoms with Crippen LogP contribution in [0.1, 0.15) is 62.2 Å². The molecule has 1 aromatic carbocycles. The fraction of sp³-hybridized carbons (Fsp3) is 0.682. The van der Waals surface area contributed by atoms with E-state index in [1.165, 1.54) is 18.2 Å². The number of unbranched alkanes of at least 4 members (excludes halogenated alkanes) is 2. The van der Waals surface area contributed by atoms with Crippen LogP contribution in [0, 0.1) is 5.82 Å². The standard InChI is InChI=1S/C22H32FNO4/c1-22(9-3-4-10-22)28-20-17-18(7-8-19(20)23)21(25)27-14-6-2-5-11-24-12-15-26-16-13-24/h7-8,17H,2-6,9-16H2,1H3. The second-order valence-corrected chi connectivity index (χ2v) is 8.05. The van der Waals surface area contributed by atoms with Crippen molar-refractivity contribution in [2.75, 3.05) is 39.5 Å². The van der Waals surface area contributed by atoms with Crippen LogP contribution in [-0.4, -0.2) is 55.9 Å². The van der Waals surface area contributed by atoms with Crippen LogP contribution < -0.4 is 4.74 Å². The Morgan fingerprint density at radius 1 is 1.18 bits per heavy atom. The van der Waals surface area contributed by atoms with Crippen LogP contribution in [0.25, 0.3) is 0 Å². The maximum atomic E-state index is 14.1. The van der Waals surface area contributed by atoms with Crippen molar-refractivity contribution in [3.8, 4) is 5.75 Å². The first-order chi connectivity index (χ1) is 13.6. The van der Waals surface area contributed by atoms with Gasteiger partial charge in [0.2, 0.25) is 0 Å². The first kappa shape index (κ1) is 21.1. The number of hydrogen-bond donors (Lipinski definition) is 0. The Labute approximate surface area is 167 Å². The normalized spacial score (nSPS) is 19.5. The van der Waals surface area contributed by atoms with E-state index in [2.05, 4.69) is 4.90 Å². The largest absolute Gasteiger partial charge is 0.484 e. The van der Waals surface area contributed by atoms with E-state index in [1.54, 1.807) is 0 Å². The van der Waals surface area contributed by atoms with Crippen molar-refractivity contribution in [3.63, 3.8) is 0 Å². The third-order valence-corrected chi connectivity index (χ3v) is 5.64. The molecule has 28 heavy (non-hydrogen) atoms. The van der Waals surface area contributed by atoms with Gasteiger partial charge in [0.1, 0.15) is 5.60 Å². The molecule has 0 amide bonds. The lowest BCUT2D eigenvalue weighted by Gasteiger charge is -2.26. The summed E-state index contributed by atoms with van der Waals surface area (Å²) in [4.78, 5) is 14.7. The summed E-state index contributed by atoms with van der Waals surface area (Å²) >= 11 is 0. The summed E-state index contributed by atoms with van der Waals surface area (Å²) in [7, 11) is 0. The molecule has 0 spiro atoms. The van der Waals surface area contributed by atoms with Gasteiger partial charge in [-0.3, -0.25) is 4.90 Å². The molecule has 1 aromatic rings. The van der Waals surface area contributed by atoms with Crippen molar-refractivity contribution < 1.29 is 23.4 Å². The highest BCUT2D eigenvalue weighted by Gasteiger charge is 2.31. The van der Waals surface area contributed by atoms with Crippen molar-refractivity contribution in [3.05, 3.63) is 29.6 Å². The molecule has 1 saturated carbocycles. The molecule has 2 aliphatic rings. The molecule has 0 N–H and O–H groups in total. The molecular formula is C22H32FNO4. The molecule has 5 nitrogen and oxygen atoms in total. The maximum Gasteiger partial charge on any atom is 0.338 e. The van der Waals surface area contributed by atoms with Crippen LogP contribution >= 0.6 is 0 Å². The van der Waals surface area contributed by atoms with E-state index in [0.29, 0.717) is 12.2 Å². The van der Waals surface area contributed by atoms with Gasteiger partial charge in [0, 0.05) is 13.1 Å². The zero-order valence-electron chi connectivity index (χ0n) is 16.9. The van der Waals surface area contributed by atoms with Gasteiger partial charge in [-0.25, -0.2) is 9.18 Å². The number of halogens is 1. The predicted molar refractivity (Wildman–Crippen MR) is 105 cm³/mol. The van der Waals surface area contributed by atoms with Gasteiger partial charge in [0.15, 0.2) is 11.6 Å². The summed E-state index contributed by atoms with van der Waals surface area (Å²) in [5.74, 6) is -0.716. The SMILES string of the molecule is CC1(Oc2cc(C(=O)OCCCCCN3CCOCC3)ccc2F)CCCC1. The Hall–Kier alpha value is -1.66. The number of esters is 1. The third-order valence-electron chi connectivity index (χ3n) is 5.64. The number of hydrogen-bond acceptors (Lipinski definition) is 5. The van der Waals surface area contributed by atoms with E-state index in [0.717, 1.165) is 77.8 Å². The molecule has 3 rings (SSSR count). The second kappa shape index (κ2) is 10.2. The molecular weight excluding hydrogens is 361 g/mol. The van der Waals surface area contributed by atoms with Crippen molar-refractivity contribution in [1.82, 2.24) is 4.90 Å². The van der Waals surface area contributed by atoms with Gasteiger partial charge in [0.05, 0.1) is 25.4 Å². The molecule has 0 radical (unpaired) electrons. The zero-order valence-corrected chi connectivity index (χ0v) is 16.9. The average Bonchev–Trinajstić information content (AvgIpc) is 3.13. The summed E-state index contributed by atoms with van der Waals surface area (Å²) in [5, 5.41) is 0. The molecule has 156 valence electrons. The van der Waals surface area contributed by atoms with Gasteiger partial charge in [-0.15, -0.1) is 0 Å². The van der Waals surface area contributed by atoms with Crippen LogP contribution in [0.5, 0.6) is 5.75 Å². The lowest BCUT2D eigenvalue weighted by atomic mass is 10.1. The summed E-state index contributed by atoms with van der Waals surface area (Å²) < 4.78 is 30.7.